The van der Waals surface area contributed by atoms with Gasteiger partial charge in [-0.3, -0.25) is 4.79 Å². The van der Waals surface area contributed by atoms with Gasteiger partial charge in [0, 0.05) is 19.0 Å². The van der Waals surface area contributed by atoms with E-state index in [0.717, 1.165) is 0 Å². The summed E-state index contributed by atoms with van der Waals surface area (Å²) in [6.07, 6.45) is 0.434. The van der Waals surface area contributed by atoms with E-state index >= 15 is 0 Å². The summed E-state index contributed by atoms with van der Waals surface area (Å²) in [6, 6.07) is 8.83. The highest BCUT2D eigenvalue weighted by molar-refractivity contribution is 5.77. The van der Waals surface area contributed by atoms with Crippen molar-refractivity contribution in [2.24, 2.45) is 5.92 Å². The largest absolute Gasteiger partial charge is 0.496 e. The van der Waals surface area contributed by atoms with Gasteiger partial charge in [-0.1, -0.05) is 32.0 Å². The Labute approximate surface area is 114 Å². The lowest BCUT2D eigenvalue weighted by Crippen LogP contribution is -2.31. The fourth-order valence-electron chi connectivity index (χ4n) is 1.89. The van der Waals surface area contributed by atoms with Crippen LogP contribution < -0.4 is 4.74 Å². The second-order valence-corrected chi connectivity index (χ2v) is 4.88. The Kier molecular flexibility index (Phi) is 5.37. The highest BCUT2D eigenvalue weighted by atomic mass is 16.5. The number of nitrogens with zero attached hydrogens (tertiary/aromatic N) is 2. The molecule has 1 unspecified atom stereocenters. The first-order valence-electron chi connectivity index (χ1n) is 6.29. The van der Waals surface area contributed by atoms with Gasteiger partial charge in [0.25, 0.3) is 0 Å². The quantitative estimate of drug-likeness (QED) is 0.818. The third-order valence-electron chi connectivity index (χ3n) is 2.92. The second kappa shape index (κ2) is 6.79. The number of carbonyl (C=O) groups is 1. The summed E-state index contributed by atoms with van der Waals surface area (Å²) in [7, 11) is 3.22. The van der Waals surface area contributed by atoms with Crippen LogP contribution in [0.5, 0.6) is 5.75 Å². The van der Waals surface area contributed by atoms with Crippen molar-refractivity contribution in [3.8, 4) is 11.8 Å². The van der Waals surface area contributed by atoms with E-state index < -0.39 is 6.04 Å². The van der Waals surface area contributed by atoms with Gasteiger partial charge in [0.2, 0.25) is 5.91 Å². The third-order valence-corrected chi connectivity index (χ3v) is 2.92. The molecule has 0 aliphatic rings. The number of benzene rings is 1. The molecule has 0 fully saturated rings. The molecule has 1 rings (SSSR count). The Balaban J connectivity index is 3.01. The maximum absolute atomic E-state index is 12.1. The predicted octanol–water partition coefficient (Wildman–Crippen LogP) is 2.76. The van der Waals surface area contributed by atoms with Crippen LogP contribution >= 0.6 is 0 Å². The zero-order valence-corrected chi connectivity index (χ0v) is 11.9. The zero-order valence-electron chi connectivity index (χ0n) is 11.9. The van der Waals surface area contributed by atoms with Gasteiger partial charge < -0.3 is 9.64 Å². The van der Waals surface area contributed by atoms with Crippen LogP contribution in [0.3, 0.4) is 0 Å². The molecule has 0 bridgehead atoms. The van der Waals surface area contributed by atoms with Crippen molar-refractivity contribution < 1.29 is 9.53 Å². The Morgan fingerprint density at radius 1 is 1.42 bits per heavy atom. The molecule has 1 aromatic rings. The predicted molar refractivity (Wildman–Crippen MR) is 73.6 cm³/mol. The highest BCUT2D eigenvalue weighted by Crippen LogP contribution is 2.28. The van der Waals surface area contributed by atoms with Gasteiger partial charge in [0.15, 0.2) is 0 Å². The van der Waals surface area contributed by atoms with Gasteiger partial charge in [-0.05, 0) is 12.0 Å². The van der Waals surface area contributed by atoms with Crippen molar-refractivity contribution >= 4 is 5.91 Å². The van der Waals surface area contributed by atoms with Crippen LogP contribution in [0, 0.1) is 17.2 Å². The van der Waals surface area contributed by atoms with Gasteiger partial charge in [0.05, 0.1) is 13.2 Å². The Hall–Kier alpha value is -2.02. The minimum absolute atomic E-state index is 0.0348. The maximum atomic E-state index is 12.1. The van der Waals surface area contributed by atoms with Crippen molar-refractivity contribution in [3.05, 3.63) is 29.8 Å². The summed E-state index contributed by atoms with van der Waals surface area (Å²) in [5.41, 5.74) is 0.715. The van der Waals surface area contributed by atoms with Crippen LogP contribution in [0.1, 0.15) is 31.9 Å². The number of hydrogen-bond donors (Lipinski definition) is 0. The van der Waals surface area contributed by atoms with E-state index in [1.807, 2.05) is 32.0 Å². The van der Waals surface area contributed by atoms with Crippen molar-refractivity contribution in [2.45, 2.75) is 26.3 Å². The summed E-state index contributed by atoms with van der Waals surface area (Å²) in [4.78, 5) is 13.5. The Morgan fingerprint density at radius 3 is 2.58 bits per heavy atom. The SMILES string of the molecule is COc1ccccc1C(C#N)N(C)C(=O)CC(C)C. The zero-order chi connectivity index (χ0) is 14.4. The van der Waals surface area contributed by atoms with Crippen LogP contribution in [0.15, 0.2) is 24.3 Å². The number of amides is 1. The molecular formula is C15H20N2O2. The second-order valence-electron chi connectivity index (χ2n) is 4.88. The first-order valence-corrected chi connectivity index (χ1v) is 6.29. The topological polar surface area (TPSA) is 53.3 Å². The van der Waals surface area contributed by atoms with Crippen LogP contribution in [-0.4, -0.2) is 25.0 Å². The molecule has 0 aliphatic carbocycles. The summed E-state index contributed by atoms with van der Waals surface area (Å²) in [5.74, 6) is 0.859. The molecule has 0 spiro atoms. The molecule has 4 heteroatoms. The first-order chi connectivity index (χ1) is 9.01. The van der Waals surface area contributed by atoms with E-state index in [0.29, 0.717) is 17.7 Å². The number of para-hydroxylation sites is 1. The number of ether oxygens (including phenoxy) is 1. The van der Waals surface area contributed by atoms with Gasteiger partial charge in [-0.15, -0.1) is 0 Å². The highest BCUT2D eigenvalue weighted by Gasteiger charge is 2.24. The Bertz CT molecular complexity index is 477. The molecule has 0 saturated heterocycles. The van der Waals surface area contributed by atoms with Crippen molar-refractivity contribution in [3.63, 3.8) is 0 Å². The van der Waals surface area contributed by atoms with Gasteiger partial charge in [0.1, 0.15) is 11.8 Å². The molecule has 0 N–H and O–H groups in total. The third kappa shape index (κ3) is 3.72. The fraction of sp³-hybridized carbons (Fsp3) is 0.467. The van der Waals surface area contributed by atoms with E-state index in [4.69, 9.17) is 4.74 Å². The van der Waals surface area contributed by atoms with Gasteiger partial charge in [-0.2, -0.15) is 5.26 Å². The molecule has 19 heavy (non-hydrogen) atoms. The Morgan fingerprint density at radius 2 is 2.05 bits per heavy atom. The number of carbonyl (C=O) groups excluding carboxylic acids is 1. The lowest BCUT2D eigenvalue weighted by atomic mass is 10.0. The molecule has 1 aromatic carbocycles. The summed E-state index contributed by atoms with van der Waals surface area (Å²) in [6.45, 7) is 3.96. The molecule has 0 saturated carbocycles. The van der Waals surface area contributed by atoms with E-state index in [1.54, 1.807) is 20.2 Å². The molecule has 1 atom stereocenters. The molecule has 0 heterocycles. The molecule has 1 amide bonds. The van der Waals surface area contributed by atoms with E-state index in [2.05, 4.69) is 6.07 Å². The number of rotatable bonds is 5. The van der Waals surface area contributed by atoms with E-state index in [1.165, 1.54) is 4.90 Å². The first kappa shape index (κ1) is 15.0. The summed E-state index contributed by atoms with van der Waals surface area (Å²) in [5, 5.41) is 9.35. The van der Waals surface area contributed by atoms with Crippen molar-refractivity contribution in [1.29, 1.82) is 5.26 Å². The normalized spacial score (nSPS) is 11.8. The summed E-state index contributed by atoms with van der Waals surface area (Å²) >= 11 is 0. The average molecular weight is 260 g/mol. The lowest BCUT2D eigenvalue weighted by molar-refractivity contribution is -0.131. The maximum Gasteiger partial charge on any atom is 0.223 e. The number of hydrogen-bond acceptors (Lipinski definition) is 3. The number of methoxy groups -OCH3 is 1. The average Bonchev–Trinajstić information content (AvgIpc) is 2.39. The minimum atomic E-state index is -0.623. The van der Waals surface area contributed by atoms with Crippen molar-refractivity contribution in [2.75, 3.05) is 14.2 Å². The smallest absolute Gasteiger partial charge is 0.223 e. The molecular weight excluding hydrogens is 240 g/mol. The molecule has 0 aliphatic heterocycles. The monoisotopic (exact) mass is 260 g/mol. The lowest BCUT2D eigenvalue weighted by Gasteiger charge is -2.25. The van der Waals surface area contributed by atoms with Crippen LogP contribution in [0.25, 0.3) is 0 Å². The fourth-order valence-corrected chi connectivity index (χ4v) is 1.89. The minimum Gasteiger partial charge on any atom is -0.496 e. The van der Waals surface area contributed by atoms with Crippen molar-refractivity contribution in [1.82, 2.24) is 4.90 Å². The molecule has 0 aromatic heterocycles. The number of nitriles is 1. The van der Waals surface area contributed by atoms with Gasteiger partial charge in [-0.25, -0.2) is 0 Å². The summed E-state index contributed by atoms with van der Waals surface area (Å²) < 4.78 is 5.25. The molecule has 0 radical (unpaired) electrons. The standard InChI is InChI=1S/C15H20N2O2/c1-11(2)9-15(18)17(3)13(10-16)12-7-5-6-8-14(12)19-4/h5-8,11,13H,9H2,1-4H3. The van der Waals surface area contributed by atoms with Gasteiger partial charge >= 0.3 is 0 Å². The molecule has 4 nitrogen and oxygen atoms in total. The van der Waals surface area contributed by atoms with E-state index in [-0.39, 0.29) is 11.8 Å². The molecule has 102 valence electrons. The van der Waals surface area contributed by atoms with Crippen LogP contribution in [0.2, 0.25) is 0 Å². The van der Waals surface area contributed by atoms with Crippen LogP contribution in [-0.2, 0) is 4.79 Å². The van der Waals surface area contributed by atoms with E-state index in [9.17, 15) is 10.1 Å². The van der Waals surface area contributed by atoms with Crippen LogP contribution in [0.4, 0.5) is 0 Å².